The Hall–Kier alpha value is -3.36. The van der Waals surface area contributed by atoms with E-state index >= 15 is 0 Å². The Morgan fingerprint density at radius 3 is 2.61 bits per heavy atom. The van der Waals surface area contributed by atoms with Crippen molar-refractivity contribution in [1.29, 1.82) is 0 Å². The normalized spacial score (nSPS) is 10.7. The molecule has 0 radical (unpaired) electrons. The molecule has 0 saturated carbocycles. The predicted octanol–water partition coefficient (Wildman–Crippen LogP) is 5.97. The van der Waals surface area contributed by atoms with Gasteiger partial charge < -0.3 is 16.0 Å². The Kier molecular flexibility index (Phi) is 7.26. The van der Waals surface area contributed by atoms with Crippen LogP contribution in [0.15, 0.2) is 71.1 Å². The number of hydrogen-bond acceptors (Lipinski definition) is 5. The van der Waals surface area contributed by atoms with Crippen molar-refractivity contribution in [1.82, 2.24) is 10.3 Å². The molecule has 4 rings (SSSR count). The smallest absolute Gasteiger partial charge is 0.323 e. The average molecular weight is 477 g/mol. The summed E-state index contributed by atoms with van der Waals surface area (Å²) in [4.78, 5) is 29.2. The molecule has 168 valence electrons. The lowest BCUT2D eigenvalue weighted by molar-refractivity contribution is -0.118. The van der Waals surface area contributed by atoms with Crippen LogP contribution >= 0.6 is 23.1 Å². The second-order valence-electron chi connectivity index (χ2n) is 7.61. The number of anilines is 2. The highest BCUT2D eigenvalue weighted by atomic mass is 32.2. The number of fused-ring (bicyclic) bond motifs is 1. The fourth-order valence-electron chi connectivity index (χ4n) is 3.17. The molecule has 1 heterocycles. The molecule has 4 aromatic rings. The summed E-state index contributed by atoms with van der Waals surface area (Å²) in [7, 11) is 0. The first-order chi connectivity index (χ1) is 16.0. The van der Waals surface area contributed by atoms with Crippen molar-refractivity contribution in [3.8, 4) is 0 Å². The van der Waals surface area contributed by atoms with Gasteiger partial charge in [0, 0.05) is 17.9 Å². The monoisotopic (exact) mass is 476 g/mol. The number of aryl methyl sites for hydroxylation is 2. The third-order valence-electron chi connectivity index (χ3n) is 4.93. The Labute approximate surface area is 200 Å². The minimum atomic E-state index is -0.294. The number of nitrogens with one attached hydrogen (secondary N) is 3. The van der Waals surface area contributed by atoms with E-state index in [-0.39, 0.29) is 11.9 Å². The van der Waals surface area contributed by atoms with E-state index < -0.39 is 0 Å². The fraction of sp³-hybridized carbons (Fsp3) is 0.160. The summed E-state index contributed by atoms with van der Waals surface area (Å²) in [5.74, 6) is 0.268. The lowest BCUT2D eigenvalue weighted by Gasteiger charge is -2.10. The van der Waals surface area contributed by atoms with Gasteiger partial charge in [-0.2, -0.15) is 0 Å². The number of aromatic nitrogens is 1. The number of thioether (sulfide) groups is 1. The van der Waals surface area contributed by atoms with Gasteiger partial charge in [-0.05, 0) is 54.8 Å². The minimum Gasteiger partial charge on any atom is -0.351 e. The van der Waals surface area contributed by atoms with Crippen molar-refractivity contribution < 1.29 is 9.59 Å². The van der Waals surface area contributed by atoms with Crippen LogP contribution in [0.2, 0.25) is 0 Å². The number of hydrogen-bond donors (Lipinski definition) is 3. The number of amides is 3. The summed E-state index contributed by atoms with van der Waals surface area (Å²) in [5.41, 5.74) is 5.47. The van der Waals surface area contributed by atoms with Crippen molar-refractivity contribution in [3.05, 3.63) is 83.4 Å². The maximum Gasteiger partial charge on any atom is 0.323 e. The van der Waals surface area contributed by atoms with Gasteiger partial charge in [-0.3, -0.25) is 4.79 Å². The molecule has 0 fully saturated rings. The van der Waals surface area contributed by atoms with Gasteiger partial charge in [0.05, 0.1) is 16.0 Å². The first-order valence-electron chi connectivity index (χ1n) is 10.5. The van der Waals surface area contributed by atoms with Crippen LogP contribution in [0.1, 0.15) is 16.7 Å². The molecule has 0 saturated heterocycles. The van der Waals surface area contributed by atoms with Gasteiger partial charge in [-0.1, -0.05) is 54.2 Å². The summed E-state index contributed by atoms with van der Waals surface area (Å²) >= 11 is 2.91. The highest BCUT2D eigenvalue weighted by Crippen LogP contribution is 2.31. The topological polar surface area (TPSA) is 83.1 Å². The number of benzene rings is 3. The summed E-state index contributed by atoms with van der Waals surface area (Å²) in [5, 5.41) is 8.70. The standard InChI is InChI=1S/C25H24N4O2S2/c1-16-8-9-17(2)21(12-16)28-24(31)27-19-10-11-20-22(13-19)33-25(29-20)32-15-23(30)26-14-18-6-4-3-5-7-18/h3-13H,14-15H2,1-2H3,(H,26,30)(H2,27,28,31). The molecule has 0 aliphatic rings. The molecule has 0 aliphatic carbocycles. The third-order valence-corrected chi connectivity index (χ3v) is 7.09. The summed E-state index contributed by atoms with van der Waals surface area (Å²) in [6.07, 6.45) is 0. The molecular weight excluding hydrogens is 452 g/mol. The molecule has 3 N–H and O–H groups in total. The highest BCUT2D eigenvalue weighted by molar-refractivity contribution is 8.01. The molecule has 0 aliphatic heterocycles. The van der Waals surface area contributed by atoms with E-state index in [0.29, 0.717) is 18.0 Å². The van der Waals surface area contributed by atoms with Crippen LogP contribution in [-0.2, 0) is 11.3 Å². The van der Waals surface area contributed by atoms with Crippen LogP contribution in [0.3, 0.4) is 0 Å². The first kappa shape index (κ1) is 22.8. The molecule has 0 atom stereocenters. The van der Waals surface area contributed by atoms with Crippen molar-refractivity contribution in [2.24, 2.45) is 0 Å². The van der Waals surface area contributed by atoms with E-state index in [1.54, 1.807) is 0 Å². The molecular formula is C25H24N4O2S2. The zero-order valence-electron chi connectivity index (χ0n) is 18.3. The maximum absolute atomic E-state index is 12.4. The molecule has 0 spiro atoms. The number of thiazole rings is 1. The van der Waals surface area contributed by atoms with Gasteiger partial charge in [0.1, 0.15) is 0 Å². The summed E-state index contributed by atoms with van der Waals surface area (Å²) in [6.45, 7) is 4.46. The average Bonchev–Trinajstić information content (AvgIpc) is 3.21. The lowest BCUT2D eigenvalue weighted by atomic mass is 10.1. The minimum absolute atomic E-state index is 0.0337. The SMILES string of the molecule is Cc1ccc(C)c(NC(=O)Nc2ccc3nc(SCC(=O)NCc4ccccc4)sc3c2)c1. The molecule has 3 amide bonds. The molecule has 8 heteroatoms. The van der Waals surface area contributed by atoms with E-state index in [1.165, 1.54) is 23.1 Å². The quantitative estimate of drug-likeness (QED) is 0.287. The number of rotatable bonds is 7. The van der Waals surface area contributed by atoms with Gasteiger partial charge in [0.15, 0.2) is 4.34 Å². The van der Waals surface area contributed by atoms with Gasteiger partial charge >= 0.3 is 6.03 Å². The fourth-order valence-corrected chi connectivity index (χ4v) is 5.11. The Balaban J connectivity index is 1.32. The Bertz CT molecular complexity index is 1290. The zero-order chi connectivity index (χ0) is 23.2. The van der Waals surface area contributed by atoms with Gasteiger partial charge in [0.2, 0.25) is 5.91 Å². The second-order valence-corrected chi connectivity index (χ2v) is 9.86. The van der Waals surface area contributed by atoms with E-state index in [9.17, 15) is 9.59 Å². The van der Waals surface area contributed by atoms with Crippen LogP contribution in [0.4, 0.5) is 16.2 Å². The third kappa shape index (κ3) is 6.34. The number of urea groups is 1. The Morgan fingerprint density at radius 1 is 0.970 bits per heavy atom. The summed E-state index contributed by atoms with van der Waals surface area (Å²) in [6, 6.07) is 21.1. The van der Waals surface area contributed by atoms with E-state index in [2.05, 4.69) is 20.9 Å². The van der Waals surface area contributed by atoms with Crippen molar-refractivity contribution in [2.75, 3.05) is 16.4 Å². The maximum atomic E-state index is 12.4. The first-order valence-corrected chi connectivity index (χ1v) is 12.3. The van der Waals surface area contributed by atoms with Crippen molar-refractivity contribution >= 4 is 56.6 Å². The van der Waals surface area contributed by atoms with Gasteiger partial charge in [-0.25, -0.2) is 9.78 Å². The van der Waals surface area contributed by atoms with Crippen LogP contribution in [0, 0.1) is 13.8 Å². The van der Waals surface area contributed by atoms with Crippen molar-refractivity contribution in [2.45, 2.75) is 24.7 Å². The molecule has 33 heavy (non-hydrogen) atoms. The van der Waals surface area contributed by atoms with Crippen molar-refractivity contribution in [3.63, 3.8) is 0 Å². The number of carbonyl (C=O) groups is 2. The van der Waals surface area contributed by atoms with E-state index in [1.807, 2.05) is 80.6 Å². The van der Waals surface area contributed by atoms with E-state index in [4.69, 9.17) is 0 Å². The Morgan fingerprint density at radius 2 is 1.79 bits per heavy atom. The van der Waals surface area contributed by atoms with Gasteiger partial charge in [-0.15, -0.1) is 11.3 Å². The van der Waals surface area contributed by atoms with Crippen LogP contribution in [0.5, 0.6) is 0 Å². The number of nitrogens with zero attached hydrogens (tertiary/aromatic N) is 1. The molecule has 6 nitrogen and oxygen atoms in total. The summed E-state index contributed by atoms with van der Waals surface area (Å²) < 4.78 is 1.77. The van der Waals surface area contributed by atoms with Crippen LogP contribution in [0.25, 0.3) is 10.2 Å². The number of carbonyl (C=O) groups excluding carboxylic acids is 2. The zero-order valence-corrected chi connectivity index (χ0v) is 20.0. The lowest BCUT2D eigenvalue weighted by Crippen LogP contribution is -2.24. The van der Waals surface area contributed by atoms with Gasteiger partial charge in [0.25, 0.3) is 0 Å². The second kappa shape index (κ2) is 10.5. The van der Waals surface area contributed by atoms with Crippen LogP contribution in [-0.4, -0.2) is 22.7 Å². The molecule has 3 aromatic carbocycles. The predicted molar refractivity (Wildman–Crippen MR) is 137 cm³/mol. The molecule has 0 bridgehead atoms. The molecule has 1 aromatic heterocycles. The highest BCUT2D eigenvalue weighted by Gasteiger charge is 2.10. The van der Waals surface area contributed by atoms with E-state index in [0.717, 1.165) is 36.9 Å². The molecule has 0 unspecified atom stereocenters. The largest absolute Gasteiger partial charge is 0.351 e. The van der Waals surface area contributed by atoms with Crippen LogP contribution < -0.4 is 16.0 Å².